The summed E-state index contributed by atoms with van der Waals surface area (Å²) in [6, 6.07) is 19.5. The van der Waals surface area contributed by atoms with Gasteiger partial charge in [0.1, 0.15) is 5.75 Å². The third-order valence-corrected chi connectivity index (χ3v) is 5.21. The lowest BCUT2D eigenvalue weighted by Gasteiger charge is -2.08. The van der Waals surface area contributed by atoms with E-state index in [4.69, 9.17) is 27.9 Å². The predicted octanol–water partition coefficient (Wildman–Crippen LogP) is 5.50. The van der Waals surface area contributed by atoms with Crippen LogP contribution in [0.15, 0.2) is 66.7 Å². The Labute approximate surface area is 183 Å². The molecule has 1 aliphatic rings. The van der Waals surface area contributed by atoms with Gasteiger partial charge in [0.25, 0.3) is 11.8 Å². The summed E-state index contributed by atoms with van der Waals surface area (Å²) >= 11 is 11.8. The Morgan fingerprint density at radius 2 is 1.77 bits per heavy atom. The summed E-state index contributed by atoms with van der Waals surface area (Å²) in [6.45, 7) is -0.156. The van der Waals surface area contributed by atoms with Gasteiger partial charge in [0.15, 0.2) is 6.61 Å². The molecule has 7 heteroatoms. The second kappa shape index (κ2) is 8.61. The molecule has 4 rings (SSSR count). The van der Waals surface area contributed by atoms with E-state index in [-0.39, 0.29) is 18.4 Å². The van der Waals surface area contributed by atoms with Gasteiger partial charge in [-0.25, -0.2) is 0 Å². The van der Waals surface area contributed by atoms with E-state index in [1.807, 2.05) is 42.5 Å². The van der Waals surface area contributed by atoms with Crippen LogP contribution in [0.5, 0.6) is 5.75 Å². The van der Waals surface area contributed by atoms with E-state index < -0.39 is 0 Å². The highest BCUT2D eigenvalue weighted by Gasteiger charge is 2.23. The number of anilines is 2. The normalized spacial score (nSPS) is 13.7. The lowest BCUT2D eigenvalue weighted by atomic mass is 10.0. The van der Waals surface area contributed by atoms with Gasteiger partial charge in [0.2, 0.25) is 0 Å². The summed E-state index contributed by atoms with van der Waals surface area (Å²) in [5, 5.41) is 6.32. The molecule has 0 bridgehead atoms. The molecule has 1 aliphatic heterocycles. The molecule has 3 aromatic carbocycles. The van der Waals surface area contributed by atoms with Crippen LogP contribution in [0.3, 0.4) is 0 Å². The molecule has 0 spiro atoms. The topological polar surface area (TPSA) is 67.4 Å². The molecule has 0 saturated carbocycles. The van der Waals surface area contributed by atoms with Crippen molar-refractivity contribution in [3.8, 4) is 5.75 Å². The fourth-order valence-corrected chi connectivity index (χ4v) is 3.33. The van der Waals surface area contributed by atoms with E-state index in [0.717, 1.165) is 16.8 Å². The fourth-order valence-electron chi connectivity index (χ4n) is 3.03. The van der Waals surface area contributed by atoms with E-state index >= 15 is 0 Å². The summed E-state index contributed by atoms with van der Waals surface area (Å²) in [7, 11) is 0. The van der Waals surface area contributed by atoms with Crippen molar-refractivity contribution < 1.29 is 14.3 Å². The fraction of sp³-hybridized carbons (Fsp3) is 0.0435. The third-order valence-electron chi connectivity index (χ3n) is 4.47. The number of hydrogen-bond donors (Lipinski definition) is 2. The lowest BCUT2D eigenvalue weighted by Crippen LogP contribution is -2.20. The Bertz CT molecular complexity index is 1160. The molecule has 0 aliphatic carbocycles. The zero-order valence-electron chi connectivity index (χ0n) is 15.6. The van der Waals surface area contributed by atoms with Crippen molar-refractivity contribution in [2.75, 3.05) is 17.2 Å². The van der Waals surface area contributed by atoms with Crippen LogP contribution < -0.4 is 15.4 Å². The Hall–Kier alpha value is -3.28. The van der Waals surface area contributed by atoms with Gasteiger partial charge in [0, 0.05) is 22.5 Å². The average Bonchev–Trinajstić information content (AvgIpc) is 3.05. The molecule has 0 aromatic heterocycles. The van der Waals surface area contributed by atoms with E-state index in [1.165, 1.54) is 0 Å². The second-order valence-corrected chi connectivity index (χ2v) is 7.41. The third kappa shape index (κ3) is 4.48. The molecule has 0 saturated heterocycles. The van der Waals surface area contributed by atoms with Gasteiger partial charge in [0.05, 0.1) is 10.0 Å². The molecule has 150 valence electrons. The summed E-state index contributed by atoms with van der Waals surface area (Å²) < 4.78 is 5.53. The first-order valence-electron chi connectivity index (χ1n) is 9.10. The first-order valence-corrected chi connectivity index (χ1v) is 9.85. The molecule has 2 N–H and O–H groups in total. The Morgan fingerprint density at radius 1 is 1.00 bits per heavy atom. The van der Waals surface area contributed by atoms with Gasteiger partial charge in [-0.3, -0.25) is 9.59 Å². The molecule has 0 radical (unpaired) electrons. The number of hydrogen-bond acceptors (Lipinski definition) is 3. The molecule has 0 fully saturated rings. The number of halogens is 2. The van der Waals surface area contributed by atoms with Gasteiger partial charge < -0.3 is 15.4 Å². The molecule has 0 atom stereocenters. The number of rotatable bonds is 5. The van der Waals surface area contributed by atoms with Crippen LogP contribution in [-0.4, -0.2) is 18.4 Å². The molecular weight excluding hydrogens is 423 g/mol. The number of carbonyl (C=O) groups excluding carboxylic acids is 2. The number of amides is 2. The van der Waals surface area contributed by atoms with Gasteiger partial charge in [-0.2, -0.15) is 0 Å². The van der Waals surface area contributed by atoms with Crippen LogP contribution in [0.2, 0.25) is 10.0 Å². The second-order valence-electron chi connectivity index (χ2n) is 6.59. The number of nitrogens with one attached hydrogen (secondary N) is 2. The maximum absolute atomic E-state index is 12.2. The number of fused-ring (bicyclic) bond motifs is 1. The molecule has 1 heterocycles. The van der Waals surface area contributed by atoms with E-state index in [9.17, 15) is 9.59 Å². The van der Waals surface area contributed by atoms with Crippen LogP contribution in [0.4, 0.5) is 11.4 Å². The molecule has 2 amide bonds. The first-order chi connectivity index (χ1) is 14.5. The van der Waals surface area contributed by atoms with Gasteiger partial charge in [-0.1, -0.05) is 53.5 Å². The van der Waals surface area contributed by atoms with Crippen molar-refractivity contribution in [2.24, 2.45) is 0 Å². The number of benzene rings is 3. The highest BCUT2D eigenvalue weighted by Crippen LogP contribution is 2.32. The minimum atomic E-state index is -0.321. The quantitative estimate of drug-likeness (QED) is 0.516. The maximum Gasteiger partial charge on any atom is 0.262 e. The van der Waals surface area contributed by atoms with Crippen molar-refractivity contribution >= 4 is 58.0 Å². The van der Waals surface area contributed by atoms with Crippen molar-refractivity contribution in [2.45, 2.75) is 0 Å². The van der Waals surface area contributed by atoms with E-state index in [0.29, 0.717) is 27.1 Å². The van der Waals surface area contributed by atoms with Crippen LogP contribution in [-0.2, 0) is 9.59 Å². The van der Waals surface area contributed by atoms with Crippen LogP contribution >= 0.6 is 23.2 Å². The largest absolute Gasteiger partial charge is 0.484 e. The highest BCUT2D eigenvalue weighted by atomic mass is 35.5. The zero-order chi connectivity index (χ0) is 21.1. The summed E-state index contributed by atoms with van der Waals surface area (Å²) in [5.41, 5.74) is 3.68. The van der Waals surface area contributed by atoms with Crippen molar-refractivity contribution in [3.05, 3.63) is 87.9 Å². The predicted molar refractivity (Wildman–Crippen MR) is 120 cm³/mol. The monoisotopic (exact) mass is 438 g/mol. The first kappa shape index (κ1) is 20.0. The Kier molecular flexibility index (Phi) is 5.74. The zero-order valence-corrected chi connectivity index (χ0v) is 17.1. The van der Waals surface area contributed by atoms with Gasteiger partial charge >= 0.3 is 0 Å². The van der Waals surface area contributed by atoms with Crippen molar-refractivity contribution in [1.29, 1.82) is 0 Å². The molecule has 5 nitrogen and oxygen atoms in total. The van der Waals surface area contributed by atoms with Gasteiger partial charge in [-0.05, 0) is 48.0 Å². The minimum absolute atomic E-state index is 0.129. The Morgan fingerprint density at radius 3 is 2.53 bits per heavy atom. The number of para-hydroxylation sites is 1. The standard InChI is InChI=1S/C23H16Cl2N2O3/c24-19-10-7-15(12-20(19)25)26-22(28)13-30-16-8-5-14(6-9-16)11-18-17-3-1-2-4-21(17)27-23(18)29/h1-12H,13H2,(H,26,28)(H,27,29)/b18-11-. The van der Waals surface area contributed by atoms with Crippen LogP contribution in [0.25, 0.3) is 11.6 Å². The van der Waals surface area contributed by atoms with Crippen LogP contribution in [0, 0.1) is 0 Å². The molecule has 3 aromatic rings. The maximum atomic E-state index is 12.2. The van der Waals surface area contributed by atoms with Crippen LogP contribution in [0.1, 0.15) is 11.1 Å². The SMILES string of the molecule is O=C(COc1ccc(/C=C2\C(=O)Nc3ccccc32)cc1)Nc1ccc(Cl)c(Cl)c1. The highest BCUT2D eigenvalue weighted by molar-refractivity contribution is 6.42. The average molecular weight is 439 g/mol. The molecule has 30 heavy (non-hydrogen) atoms. The summed E-state index contributed by atoms with van der Waals surface area (Å²) in [4.78, 5) is 24.3. The molecular formula is C23H16Cl2N2O3. The smallest absolute Gasteiger partial charge is 0.262 e. The molecule has 0 unspecified atom stereocenters. The number of ether oxygens (including phenoxy) is 1. The lowest BCUT2D eigenvalue weighted by molar-refractivity contribution is -0.118. The van der Waals surface area contributed by atoms with E-state index in [2.05, 4.69) is 10.6 Å². The number of carbonyl (C=O) groups is 2. The summed E-state index contributed by atoms with van der Waals surface area (Å²) in [5.74, 6) is 0.0898. The minimum Gasteiger partial charge on any atom is -0.484 e. The summed E-state index contributed by atoms with van der Waals surface area (Å²) in [6.07, 6.45) is 1.82. The van der Waals surface area contributed by atoms with E-state index in [1.54, 1.807) is 30.3 Å². The van der Waals surface area contributed by atoms with Gasteiger partial charge in [-0.15, -0.1) is 0 Å². The van der Waals surface area contributed by atoms with Crippen molar-refractivity contribution in [1.82, 2.24) is 0 Å². The Balaban J connectivity index is 1.38. The van der Waals surface area contributed by atoms with Crippen molar-refractivity contribution in [3.63, 3.8) is 0 Å².